The Labute approximate surface area is 115 Å². The van der Waals surface area contributed by atoms with Crippen LogP contribution >= 0.6 is 0 Å². The van der Waals surface area contributed by atoms with Crippen LogP contribution < -0.4 is 5.32 Å². The van der Waals surface area contributed by atoms with Crippen molar-refractivity contribution in [2.75, 3.05) is 19.6 Å². The molecule has 20 heavy (non-hydrogen) atoms. The average molecular weight is 287 g/mol. The summed E-state index contributed by atoms with van der Waals surface area (Å²) in [6, 6.07) is 2.24. The van der Waals surface area contributed by atoms with Gasteiger partial charge < -0.3 is 10.2 Å². The normalized spacial score (nSPS) is 20.1. The first-order chi connectivity index (χ1) is 9.29. The number of carbonyl (C=O) groups excluding carboxylic acids is 1. The van der Waals surface area contributed by atoms with E-state index in [1.165, 1.54) is 13.0 Å². The highest BCUT2D eigenvalue weighted by Gasteiger charge is 2.33. The zero-order chi connectivity index (χ0) is 14.9. The van der Waals surface area contributed by atoms with Crippen LogP contribution in [0.15, 0.2) is 12.1 Å². The lowest BCUT2D eigenvalue weighted by atomic mass is 10.1. The lowest BCUT2D eigenvalue weighted by molar-refractivity contribution is -0.141. The predicted molar refractivity (Wildman–Crippen MR) is 67.3 cm³/mol. The summed E-state index contributed by atoms with van der Waals surface area (Å²) < 4.78 is 37.6. The van der Waals surface area contributed by atoms with Gasteiger partial charge in [-0.15, -0.1) is 0 Å². The van der Waals surface area contributed by atoms with Crippen molar-refractivity contribution in [2.24, 2.45) is 0 Å². The van der Waals surface area contributed by atoms with E-state index in [2.05, 4.69) is 10.3 Å². The Hall–Kier alpha value is -1.63. The monoisotopic (exact) mass is 287 g/mol. The predicted octanol–water partition coefficient (Wildman–Crippen LogP) is 1.84. The number of pyridine rings is 1. The van der Waals surface area contributed by atoms with Crippen LogP contribution in [-0.4, -0.2) is 41.5 Å². The van der Waals surface area contributed by atoms with E-state index in [-0.39, 0.29) is 23.2 Å². The van der Waals surface area contributed by atoms with Crippen LogP contribution in [0.2, 0.25) is 0 Å². The Balaban J connectivity index is 2.22. The van der Waals surface area contributed by atoms with Crippen LogP contribution in [0, 0.1) is 6.92 Å². The first-order valence-electron chi connectivity index (χ1n) is 6.36. The smallest absolute Gasteiger partial charge is 0.336 e. The van der Waals surface area contributed by atoms with Gasteiger partial charge in [0.25, 0.3) is 5.91 Å². The zero-order valence-electron chi connectivity index (χ0n) is 11.3. The number of nitrogens with one attached hydrogen (secondary N) is 1. The Kier molecular flexibility index (Phi) is 3.99. The maximum Gasteiger partial charge on any atom is 0.433 e. The minimum absolute atomic E-state index is 0.107. The lowest BCUT2D eigenvalue weighted by Gasteiger charge is -2.32. The molecule has 0 bridgehead atoms. The molecule has 0 saturated carbocycles. The van der Waals surface area contributed by atoms with E-state index in [1.54, 1.807) is 4.90 Å². The molecule has 1 aliphatic rings. The first kappa shape index (κ1) is 14.8. The summed E-state index contributed by atoms with van der Waals surface area (Å²) in [6.45, 7) is 5.15. The number of hydrogen-bond donors (Lipinski definition) is 1. The first-order valence-corrected chi connectivity index (χ1v) is 6.36. The number of aromatic nitrogens is 1. The molecule has 1 aromatic heterocycles. The molecule has 1 unspecified atom stereocenters. The number of aryl methyl sites for hydroxylation is 1. The zero-order valence-corrected chi connectivity index (χ0v) is 11.3. The maximum atomic E-state index is 12.5. The van der Waals surface area contributed by atoms with E-state index in [0.717, 1.165) is 6.07 Å². The Morgan fingerprint density at radius 1 is 1.45 bits per heavy atom. The van der Waals surface area contributed by atoms with Gasteiger partial charge in [0.2, 0.25) is 0 Å². The lowest BCUT2D eigenvalue weighted by Crippen LogP contribution is -2.51. The number of rotatable bonds is 1. The van der Waals surface area contributed by atoms with E-state index >= 15 is 0 Å². The number of halogens is 3. The van der Waals surface area contributed by atoms with Crippen molar-refractivity contribution in [1.29, 1.82) is 0 Å². The second kappa shape index (κ2) is 5.40. The molecule has 1 fully saturated rings. The third kappa shape index (κ3) is 3.09. The van der Waals surface area contributed by atoms with Gasteiger partial charge in [-0.05, 0) is 26.0 Å². The second-order valence-electron chi connectivity index (χ2n) is 4.93. The largest absolute Gasteiger partial charge is 0.433 e. The van der Waals surface area contributed by atoms with E-state index in [1.807, 2.05) is 6.92 Å². The van der Waals surface area contributed by atoms with Gasteiger partial charge in [0.15, 0.2) is 0 Å². The molecule has 4 nitrogen and oxygen atoms in total. The van der Waals surface area contributed by atoms with E-state index < -0.39 is 11.9 Å². The summed E-state index contributed by atoms with van der Waals surface area (Å²) in [5.74, 6) is -0.267. The van der Waals surface area contributed by atoms with Gasteiger partial charge in [-0.25, -0.2) is 4.98 Å². The minimum Gasteiger partial charge on any atom is -0.336 e. The maximum absolute atomic E-state index is 12.5. The van der Waals surface area contributed by atoms with Gasteiger partial charge in [-0.1, -0.05) is 0 Å². The molecule has 1 amide bonds. The van der Waals surface area contributed by atoms with E-state index in [4.69, 9.17) is 0 Å². The molecule has 0 spiro atoms. The molecular formula is C13H16F3N3O. The summed E-state index contributed by atoms with van der Waals surface area (Å²) >= 11 is 0. The van der Waals surface area contributed by atoms with Crippen LogP contribution in [0.3, 0.4) is 0 Å². The van der Waals surface area contributed by atoms with Gasteiger partial charge >= 0.3 is 6.18 Å². The van der Waals surface area contributed by atoms with Gasteiger partial charge in [0, 0.05) is 25.7 Å². The topological polar surface area (TPSA) is 45.2 Å². The third-order valence-electron chi connectivity index (χ3n) is 3.26. The van der Waals surface area contributed by atoms with Crippen molar-refractivity contribution in [3.05, 3.63) is 29.1 Å². The molecule has 2 rings (SSSR count). The van der Waals surface area contributed by atoms with Gasteiger partial charge in [-0.3, -0.25) is 4.79 Å². The van der Waals surface area contributed by atoms with Crippen LogP contribution in [0.5, 0.6) is 0 Å². The number of hydrogen-bond acceptors (Lipinski definition) is 3. The fourth-order valence-corrected chi connectivity index (χ4v) is 2.23. The molecule has 1 atom stereocenters. The van der Waals surface area contributed by atoms with Crippen LogP contribution in [-0.2, 0) is 6.18 Å². The van der Waals surface area contributed by atoms with Crippen molar-refractivity contribution in [3.8, 4) is 0 Å². The number of amides is 1. The summed E-state index contributed by atoms with van der Waals surface area (Å²) in [5.41, 5.74) is -0.636. The van der Waals surface area contributed by atoms with Crippen LogP contribution in [0.25, 0.3) is 0 Å². The molecule has 1 N–H and O–H groups in total. The Bertz CT molecular complexity index is 516. The molecule has 1 saturated heterocycles. The van der Waals surface area contributed by atoms with Gasteiger partial charge in [0.1, 0.15) is 5.69 Å². The molecule has 2 heterocycles. The summed E-state index contributed by atoms with van der Waals surface area (Å²) in [7, 11) is 0. The van der Waals surface area contributed by atoms with Crippen molar-refractivity contribution in [2.45, 2.75) is 26.1 Å². The summed E-state index contributed by atoms with van der Waals surface area (Å²) in [4.78, 5) is 17.4. The fraction of sp³-hybridized carbons (Fsp3) is 0.538. The second-order valence-corrected chi connectivity index (χ2v) is 4.93. The average Bonchev–Trinajstić information content (AvgIpc) is 2.36. The SMILES string of the molecule is Cc1nc(C(F)(F)F)ccc1C(=O)N1CCNC(C)C1. The number of piperazine rings is 1. The molecule has 0 aromatic carbocycles. The number of nitrogens with zero attached hydrogens (tertiary/aromatic N) is 2. The standard InChI is InChI=1S/C13H16F3N3O/c1-8-7-19(6-5-17-8)12(20)10-3-4-11(13(14,15)16)18-9(10)2/h3-4,8,17H,5-7H2,1-2H3. The highest BCUT2D eigenvalue weighted by Crippen LogP contribution is 2.28. The minimum atomic E-state index is -4.49. The van der Waals surface area contributed by atoms with Crippen molar-refractivity contribution in [3.63, 3.8) is 0 Å². The van der Waals surface area contributed by atoms with Gasteiger partial charge in [-0.2, -0.15) is 13.2 Å². The van der Waals surface area contributed by atoms with Crippen molar-refractivity contribution >= 4 is 5.91 Å². The number of carbonyl (C=O) groups is 1. The molecular weight excluding hydrogens is 271 g/mol. The van der Waals surface area contributed by atoms with Crippen LogP contribution in [0.4, 0.5) is 13.2 Å². The molecule has 7 heteroatoms. The third-order valence-corrected chi connectivity index (χ3v) is 3.26. The fourth-order valence-electron chi connectivity index (χ4n) is 2.23. The van der Waals surface area contributed by atoms with Crippen molar-refractivity contribution in [1.82, 2.24) is 15.2 Å². The molecule has 0 radical (unpaired) electrons. The van der Waals surface area contributed by atoms with Crippen molar-refractivity contribution < 1.29 is 18.0 Å². The highest BCUT2D eigenvalue weighted by molar-refractivity contribution is 5.95. The Morgan fingerprint density at radius 2 is 2.15 bits per heavy atom. The highest BCUT2D eigenvalue weighted by atomic mass is 19.4. The van der Waals surface area contributed by atoms with Gasteiger partial charge in [0.05, 0.1) is 11.3 Å². The Morgan fingerprint density at radius 3 is 2.70 bits per heavy atom. The number of alkyl halides is 3. The van der Waals surface area contributed by atoms with Crippen LogP contribution in [0.1, 0.15) is 28.7 Å². The van der Waals surface area contributed by atoms with E-state index in [9.17, 15) is 18.0 Å². The molecule has 110 valence electrons. The molecule has 1 aromatic rings. The summed E-state index contributed by atoms with van der Waals surface area (Å²) in [5, 5.41) is 3.20. The molecule has 1 aliphatic heterocycles. The quantitative estimate of drug-likeness (QED) is 0.857. The molecule has 0 aliphatic carbocycles. The van der Waals surface area contributed by atoms with E-state index in [0.29, 0.717) is 19.6 Å². The summed E-state index contributed by atoms with van der Waals surface area (Å²) in [6.07, 6.45) is -4.49.